The number of hydrogen-bond acceptors (Lipinski definition) is 3. The summed E-state index contributed by atoms with van der Waals surface area (Å²) >= 11 is 7.77. The van der Waals surface area contributed by atoms with Crippen molar-refractivity contribution in [2.45, 2.75) is 33.1 Å². The van der Waals surface area contributed by atoms with Crippen molar-refractivity contribution >= 4 is 22.9 Å². The van der Waals surface area contributed by atoms with Crippen molar-refractivity contribution in [1.29, 1.82) is 0 Å². The summed E-state index contributed by atoms with van der Waals surface area (Å²) in [7, 11) is 0. The molecule has 0 bridgehead atoms. The van der Waals surface area contributed by atoms with E-state index in [9.17, 15) is 0 Å². The zero-order chi connectivity index (χ0) is 13.3. The maximum absolute atomic E-state index is 6.19. The van der Waals surface area contributed by atoms with E-state index in [4.69, 9.17) is 16.0 Å². The molecule has 18 heavy (non-hydrogen) atoms. The van der Waals surface area contributed by atoms with E-state index in [2.05, 4.69) is 37.6 Å². The smallest absolute Gasteiger partial charge is 0.197 e. The van der Waals surface area contributed by atoms with Crippen LogP contribution in [0.2, 0.25) is 4.34 Å². The first-order chi connectivity index (χ1) is 8.36. The normalized spacial score (nSPS) is 11.2. The molecule has 0 spiro atoms. The second-order valence-electron chi connectivity index (χ2n) is 5.04. The summed E-state index contributed by atoms with van der Waals surface area (Å²) in [4.78, 5) is 5.22. The lowest BCUT2D eigenvalue weighted by Gasteiger charge is -2.14. The number of oxazole rings is 1. The third-order valence-electron chi connectivity index (χ3n) is 2.37. The molecule has 0 radical (unpaired) electrons. The minimum atomic E-state index is 0.0943. The fraction of sp³-hybridized carbons (Fsp3) is 0.357. The molecular formula is C14H14ClNOS. The average molecular weight is 280 g/mol. The molecule has 2 aromatic rings. The van der Waals surface area contributed by atoms with Gasteiger partial charge in [0.1, 0.15) is 4.34 Å². The third kappa shape index (κ3) is 2.95. The fourth-order valence-corrected chi connectivity index (χ4v) is 2.62. The van der Waals surface area contributed by atoms with Gasteiger partial charge in [-0.1, -0.05) is 38.3 Å². The molecule has 2 rings (SSSR count). The molecule has 2 nitrogen and oxygen atoms in total. The predicted octanol–water partition coefficient (Wildman–Crippen LogP) is 4.40. The minimum Gasteiger partial charge on any atom is -0.433 e. The van der Waals surface area contributed by atoms with Crippen molar-refractivity contribution in [3.63, 3.8) is 0 Å². The molecule has 0 atom stereocenters. The van der Waals surface area contributed by atoms with Gasteiger partial charge in [-0.2, -0.15) is 0 Å². The van der Waals surface area contributed by atoms with Crippen molar-refractivity contribution in [3.8, 4) is 11.8 Å². The van der Waals surface area contributed by atoms with Crippen LogP contribution in [0.15, 0.2) is 16.7 Å². The maximum Gasteiger partial charge on any atom is 0.197 e. The zero-order valence-electron chi connectivity index (χ0n) is 10.8. The second kappa shape index (κ2) is 4.79. The molecule has 0 aromatic carbocycles. The molecular weight excluding hydrogens is 266 g/mol. The highest BCUT2D eigenvalue weighted by Gasteiger charge is 2.18. The Hall–Kier alpha value is -1.24. The summed E-state index contributed by atoms with van der Waals surface area (Å²) in [5, 5.41) is 0. The number of aromatic nitrogens is 1. The van der Waals surface area contributed by atoms with E-state index in [-0.39, 0.29) is 5.41 Å². The lowest BCUT2D eigenvalue weighted by molar-refractivity contribution is 0.511. The first kappa shape index (κ1) is 13.2. The Labute approximate surface area is 116 Å². The van der Waals surface area contributed by atoms with Crippen LogP contribution in [0.1, 0.15) is 42.9 Å². The van der Waals surface area contributed by atoms with Crippen LogP contribution >= 0.6 is 22.9 Å². The average Bonchev–Trinajstić information content (AvgIpc) is 2.81. The van der Waals surface area contributed by atoms with Gasteiger partial charge in [0.15, 0.2) is 11.7 Å². The van der Waals surface area contributed by atoms with Crippen LogP contribution in [0, 0.1) is 18.8 Å². The Bertz CT molecular complexity index is 622. The first-order valence-electron chi connectivity index (χ1n) is 5.60. The van der Waals surface area contributed by atoms with Crippen LogP contribution in [0.25, 0.3) is 0 Å². The summed E-state index contributed by atoms with van der Waals surface area (Å²) in [6.07, 6.45) is 1.62. The van der Waals surface area contributed by atoms with Crippen LogP contribution in [0.3, 0.4) is 0 Å². The molecule has 0 unspecified atom stereocenters. The summed E-state index contributed by atoms with van der Waals surface area (Å²) in [5.74, 6) is 7.14. The van der Waals surface area contributed by atoms with Crippen LogP contribution in [-0.4, -0.2) is 4.98 Å². The fourth-order valence-electron chi connectivity index (χ4n) is 1.37. The van der Waals surface area contributed by atoms with Crippen LogP contribution in [0.5, 0.6) is 0 Å². The minimum absolute atomic E-state index is 0.0943. The number of halogens is 1. The van der Waals surface area contributed by atoms with Crippen molar-refractivity contribution in [1.82, 2.24) is 4.98 Å². The number of hydrogen-bond donors (Lipinski definition) is 0. The van der Waals surface area contributed by atoms with E-state index in [1.54, 1.807) is 24.5 Å². The SMILES string of the molecule is Cc1ncc(C#Cc2cc(C(C)(C)C)sc2Cl)o1. The Morgan fingerprint density at radius 1 is 1.33 bits per heavy atom. The molecule has 4 heteroatoms. The quantitative estimate of drug-likeness (QED) is 0.668. The van der Waals surface area contributed by atoms with Crippen molar-refractivity contribution < 1.29 is 4.42 Å². The molecule has 0 aliphatic carbocycles. The van der Waals surface area contributed by atoms with Crippen molar-refractivity contribution in [2.24, 2.45) is 0 Å². The van der Waals surface area contributed by atoms with Gasteiger partial charge in [-0.3, -0.25) is 0 Å². The molecule has 0 amide bonds. The van der Waals surface area contributed by atoms with Gasteiger partial charge in [-0.05, 0) is 17.4 Å². The van der Waals surface area contributed by atoms with E-state index in [1.807, 2.05) is 6.07 Å². The van der Waals surface area contributed by atoms with E-state index in [1.165, 1.54) is 4.88 Å². The number of thiophene rings is 1. The molecule has 0 aliphatic rings. The van der Waals surface area contributed by atoms with Crippen LogP contribution in [0.4, 0.5) is 0 Å². The number of rotatable bonds is 0. The van der Waals surface area contributed by atoms with Gasteiger partial charge < -0.3 is 4.42 Å². The molecule has 0 saturated heterocycles. The molecule has 0 saturated carbocycles. The Morgan fingerprint density at radius 2 is 2.06 bits per heavy atom. The third-order valence-corrected chi connectivity index (χ3v) is 4.15. The molecule has 0 N–H and O–H groups in total. The molecule has 0 aliphatic heterocycles. The molecule has 2 aromatic heterocycles. The Kier molecular flexibility index (Phi) is 3.52. The highest BCUT2D eigenvalue weighted by atomic mass is 35.5. The van der Waals surface area contributed by atoms with E-state index >= 15 is 0 Å². The first-order valence-corrected chi connectivity index (χ1v) is 6.80. The second-order valence-corrected chi connectivity index (χ2v) is 6.70. The maximum atomic E-state index is 6.19. The van der Waals surface area contributed by atoms with E-state index in [0.29, 0.717) is 11.7 Å². The van der Waals surface area contributed by atoms with Crippen molar-refractivity contribution in [2.75, 3.05) is 0 Å². The highest BCUT2D eigenvalue weighted by Crippen LogP contribution is 2.35. The monoisotopic (exact) mass is 279 g/mol. The van der Waals surface area contributed by atoms with E-state index in [0.717, 1.165) is 9.90 Å². The Balaban J connectivity index is 2.31. The van der Waals surface area contributed by atoms with Crippen LogP contribution < -0.4 is 0 Å². The number of aryl methyl sites for hydroxylation is 1. The Morgan fingerprint density at radius 3 is 2.56 bits per heavy atom. The van der Waals surface area contributed by atoms with Gasteiger partial charge in [-0.25, -0.2) is 4.98 Å². The van der Waals surface area contributed by atoms with Gasteiger partial charge in [0.25, 0.3) is 0 Å². The lowest BCUT2D eigenvalue weighted by Crippen LogP contribution is -2.07. The highest BCUT2D eigenvalue weighted by molar-refractivity contribution is 7.16. The summed E-state index contributed by atoms with van der Waals surface area (Å²) in [6, 6.07) is 2.04. The zero-order valence-corrected chi connectivity index (χ0v) is 12.4. The molecule has 0 fully saturated rings. The largest absolute Gasteiger partial charge is 0.433 e. The summed E-state index contributed by atoms with van der Waals surface area (Å²) in [5.41, 5.74) is 0.942. The van der Waals surface area contributed by atoms with Crippen molar-refractivity contribution in [3.05, 3.63) is 38.7 Å². The number of nitrogens with zero attached hydrogens (tertiary/aromatic N) is 1. The van der Waals surface area contributed by atoms with Gasteiger partial charge in [0, 0.05) is 11.8 Å². The van der Waals surface area contributed by atoms with Gasteiger partial charge >= 0.3 is 0 Å². The molecule has 2 heterocycles. The standard InChI is InChI=1S/C14H14ClNOS/c1-9-16-8-11(17-9)6-5-10-7-12(14(2,3)4)18-13(10)15/h7-8H,1-4H3. The van der Waals surface area contributed by atoms with Gasteiger partial charge in [0.2, 0.25) is 0 Å². The topological polar surface area (TPSA) is 26.0 Å². The molecule has 94 valence electrons. The lowest BCUT2D eigenvalue weighted by atomic mass is 9.94. The van der Waals surface area contributed by atoms with Crippen LogP contribution in [-0.2, 0) is 5.41 Å². The van der Waals surface area contributed by atoms with Gasteiger partial charge in [0.05, 0.1) is 11.8 Å². The summed E-state index contributed by atoms with van der Waals surface area (Å²) in [6.45, 7) is 8.27. The summed E-state index contributed by atoms with van der Waals surface area (Å²) < 4.78 is 6.02. The van der Waals surface area contributed by atoms with E-state index < -0.39 is 0 Å². The predicted molar refractivity (Wildman–Crippen MR) is 75.2 cm³/mol. The van der Waals surface area contributed by atoms with Gasteiger partial charge in [-0.15, -0.1) is 11.3 Å².